The number of carbonyl (C=O) groups is 1. The number of amides is 1. The summed E-state index contributed by atoms with van der Waals surface area (Å²) in [4.78, 5) is 24.6. The number of nitrogens with zero attached hydrogens (tertiary/aromatic N) is 3. The zero-order chi connectivity index (χ0) is 21.7. The predicted octanol–water partition coefficient (Wildman–Crippen LogP) is 5.22. The molecule has 1 aromatic heterocycles. The lowest BCUT2D eigenvalue weighted by Gasteiger charge is -2.09. The first-order chi connectivity index (χ1) is 14.3. The number of anilines is 1. The lowest BCUT2D eigenvalue weighted by atomic mass is 10.1. The minimum Gasteiger partial charge on any atom is -0.424 e. The van der Waals surface area contributed by atoms with Gasteiger partial charge in [-0.25, -0.2) is 0 Å². The van der Waals surface area contributed by atoms with Crippen molar-refractivity contribution in [1.82, 2.24) is 15.0 Å². The summed E-state index contributed by atoms with van der Waals surface area (Å²) < 4.78 is 43.5. The van der Waals surface area contributed by atoms with Crippen molar-refractivity contribution < 1.29 is 22.7 Å². The Bertz CT molecular complexity index is 1030. The Morgan fingerprint density at radius 2 is 1.70 bits per heavy atom. The molecule has 30 heavy (non-hydrogen) atoms. The summed E-state index contributed by atoms with van der Waals surface area (Å²) in [5.74, 6) is -0.632. The molecule has 0 saturated heterocycles. The van der Waals surface area contributed by atoms with Gasteiger partial charge in [0, 0.05) is 5.69 Å². The lowest BCUT2D eigenvalue weighted by molar-refractivity contribution is -0.137. The third kappa shape index (κ3) is 5.47. The highest BCUT2D eigenvalue weighted by Gasteiger charge is 2.30. The minimum absolute atomic E-state index is 0.0998. The molecule has 6 nitrogen and oxygen atoms in total. The van der Waals surface area contributed by atoms with Gasteiger partial charge < -0.3 is 10.1 Å². The molecule has 156 valence electrons. The normalized spacial score (nSPS) is 11.2. The third-order valence-electron chi connectivity index (χ3n) is 3.99. The van der Waals surface area contributed by atoms with E-state index in [4.69, 9.17) is 4.74 Å². The van der Waals surface area contributed by atoms with Gasteiger partial charge in [-0.1, -0.05) is 30.8 Å². The second-order valence-electron chi connectivity index (χ2n) is 6.06. The van der Waals surface area contributed by atoms with Crippen LogP contribution in [0.3, 0.4) is 0 Å². The monoisotopic (exact) mass is 434 g/mol. The van der Waals surface area contributed by atoms with Crippen LogP contribution >= 0.6 is 11.8 Å². The van der Waals surface area contributed by atoms with E-state index in [1.165, 1.54) is 11.8 Å². The molecular weight excluding hydrogens is 417 g/mol. The van der Waals surface area contributed by atoms with E-state index in [0.717, 1.165) is 36.2 Å². The van der Waals surface area contributed by atoms with E-state index in [9.17, 15) is 18.0 Å². The number of alkyl halides is 3. The number of hydrogen-bond acceptors (Lipinski definition) is 6. The molecule has 1 heterocycles. The number of benzene rings is 2. The lowest BCUT2D eigenvalue weighted by Crippen LogP contribution is -2.17. The SMILES string of the molecule is CCc1ccc(NC(=O)c2nc(Oc3ccc(C(F)(F)F)cc3)nc(SC)n2)cc1. The van der Waals surface area contributed by atoms with Crippen molar-refractivity contribution in [2.24, 2.45) is 0 Å². The van der Waals surface area contributed by atoms with Gasteiger partial charge in [0.15, 0.2) is 5.16 Å². The molecule has 3 rings (SSSR count). The van der Waals surface area contributed by atoms with E-state index in [1.807, 2.05) is 19.1 Å². The summed E-state index contributed by atoms with van der Waals surface area (Å²) in [5, 5.41) is 2.93. The van der Waals surface area contributed by atoms with Crippen LogP contribution in [-0.4, -0.2) is 27.1 Å². The second kappa shape index (κ2) is 9.12. The van der Waals surface area contributed by atoms with Gasteiger partial charge in [0.05, 0.1) is 5.56 Å². The average Bonchev–Trinajstić information content (AvgIpc) is 2.73. The summed E-state index contributed by atoms with van der Waals surface area (Å²) in [6.45, 7) is 2.03. The largest absolute Gasteiger partial charge is 0.424 e. The van der Waals surface area contributed by atoms with Crippen LogP contribution in [0.1, 0.15) is 28.7 Å². The van der Waals surface area contributed by atoms with Crippen LogP contribution in [0.2, 0.25) is 0 Å². The average molecular weight is 434 g/mol. The molecule has 10 heteroatoms. The number of carbonyl (C=O) groups excluding carboxylic acids is 1. The highest BCUT2D eigenvalue weighted by molar-refractivity contribution is 7.98. The van der Waals surface area contributed by atoms with Gasteiger partial charge in [-0.2, -0.15) is 28.1 Å². The van der Waals surface area contributed by atoms with Gasteiger partial charge in [0.1, 0.15) is 5.75 Å². The molecule has 0 atom stereocenters. The molecule has 3 aromatic rings. The van der Waals surface area contributed by atoms with Crippen molar-refractivity contribution >= 4 is 23.4 Å². The van der Waals surface area contributed by atoms with Crippen molar-refractivity contribution in [3.8, 4) is 11.8 Å². The predicted molar refractivity (Wildman–Crippen MR) is 107 cm³/mol. The van der Waals surface area contributed by atoms with E-state index in [2.05, 4.69) is 20.3 Å². The van der Waals surface area contributed by atoms with E-state index in [1.54, 1.807) is 18.4 Å². The van der Waals surface area contributed by atoms with Gasteiger partial charge in [-0.15, -0.1) is 0 Å². The third-order valence-corrected chi connectivity index (χ3v) is 4.54. The summed E-state index contributed by atoms with van der Waals surface area (Å²) in [6.07, 6.45) is -1.86. The Labute approximate surface area is 174 Å². The minimum atomic E-state index is -4.45. The van der Waals surface area contributed by atoms with Crippen molar-refractivity contribution in [3.05, 3.63) is 65.5 Å². The molecular formula is C20H17F3N4O2S. The van der Waals surface area contributed by atoms with Crippen LogP contribution in [-0.2, 0) is 12.6 Å². The van der Waals surface area contributed by atoms with E-state index in [0.29, 0.717) is 5.69 Å². The highest BCUT2D eigenvalue weighted by Crippen LogP contribution is 2.31. The van der Waals surface area contributed by atoms with Crippen LogP contribution in [0.15, 0.2) is 53.7 Å². The Kier molecular flexibility index (Phi) is 6.56. The Morgan fingerprint density at radius 1 is 1.03 bits per heavy atom. The van der Waals surface area contributed by atoms with Crippen LogP contribution in [0.5, 0.6) is 11.8 Å². The van der Waals surface area contributed by atoms with Gasteiger partial charge in [-0.3, -0.25) is 4.79 Å². The molecule has 0 saturated carbocycles. The van der Waals surface area contributed by atoms with Crippen molar-refractivity contribution in [1.29, 1.82) is 0 Å². The molecule has 0 bridgehead atoms. The maximum absolute atomic E-state index is 12.7. The summed E-state index contributed by atoms with van der Waals surface area (Å²) in [6, 6.07) is 11.2. The zero-order valence-corrected chi connectivity index (χ0v) is 16.8. The van der Waals surface area contributed by atoms with E-state index >= 15 is 0 Å². The summed E-state index contributed by atoms with van der Waals surface area (Å²) in [5.41, 5.74) is 0.906. The van der Waals surface area contributed by atoms with Crippen molar-refractivity contribution in [3.63, 3.8) is 0 Å². The topological polar surface area (TPSA) is 77.0 Å². The fourth-order valence-electron chi connectivity index (χ4n) is 2.40. The number of nitrogens with one attached hydrogen (secondary N) is 1. The summed E-state index contributed by atoms with van der Waals surface area (Å²) in [7, 11) is 0. The maximum atomic E-state index is 12.7. The molecule has 0 aliphatic rings. The smallest absolute Gasteiger partial charge is 0.416 e. The zero-order valence-electron chi connectivity index (χ0n) is 16.0. The fraction of sp³-hybridized carbons (Fsp3) is 0.200. The number of hydrogen-bond donors (Lipinski definition) is 1. The van der Waals surface area contributed by atoms with Crippen LogP contribution < -0.4 is 10.1 Å². The highest BCUT2D eigenvalue weighted by atomic mass is 32.2. The second-order valence-corrected chi connectivity index (χ2v) is 6.83. The fourth-order valence-corrected chi connectivity index (χ4v) is 2.75. The first kappa shape index (κ1) is 21.6. The maximum Gasteiger partial charge on any atom is 0.416 e. The molecule has 0 aliphatic carbocycles. The Morgan fingerprint density at radius 3 is 2.27 bits per heavy atom. The van der Waals surface area contributed by atoms with Crippen molar-refractivity contribution in [2.75, 3.05) is 11.6 Å². The molecule has 0 radical (unpaired) electrons. The van der Waals surface area contributed by atoms with Gasteiger partial charge in [0.25, 0.3) is 5.91 Å². The first-order valence-electron chi connectivity index (χ1n) is 8.84. The van der Waals surface area contributed by atoms with Gasteiger partial charge in [-0.05, 0) is 54.6 Å². The van der Waals surface area contributed by atoms with Gasteiger partial charge >= 0.3 is 12.2 Å². The van der Waals surface area contributed by atoms with Gasteiger partial charge in [0.2, 0.25) is 5.82 Å². The van der Waals surface area contributed by atoms with Crippen LogP contribution in [0.4, 0.5) is 18.9 Å². The molecule has 2 aromatic carbocycles. The van der Waals surface area contributed by atoms with Crippen LogP contribution in [0, 0.1) is 0 Å². The molecule has 1 N–H and O–H groups in total. The number of thioether (sulfide) groups is 1. The Balaban J connectivity index is 1.79. The molecule has 0 fully saturated rings. The van der Waals surface area contributed by atoms with Crippen molar-refractivity contribution in [2.45, 2.75) is 24.7 Å². The number of aromatic nitrogens is 3. The Hall–Kier alpha value is -3.14. The first-order valence-corrected chi connectivity index (χ1v) is 10.1. The van der Waals surface area contributed by atoms with Crippen LogP contribution in [0.25, 0.3) is 0 Å². The molecule has 0 unspecified atom stereocenters. The number of halogens is 3. The quantitative estimate of drug-likeness (QED) is 0.536. The number of rotatable bonds is 6. The number of aryl methyl sites for hydroxylation is 1. The summed E-state index contributed by atoms with van der Waals surface area (Å²) >= 11 is 1.17. The molecule has 0 aliphatic heterocycles. The standard InChI is InChI=1S/C20H17F3N4O2S/c1-3-12-4-8-14(9-5-12)24-17(28)16-25-18(27-19(26-16)30-2)29-15-10-6-13(7-11-15)20(21,22)23/h4-11H,3H2,1-2H3,(H,24,28). The van der Waals surface area contributed by atoms with E-state index in [-0.39, 0.29) is 22.7 Å². The number of ether oxygens (including phenoxy) is 1. The molecule has 0 spiro atoms. The van der Waals surface area contributed by atoms with E-state index < -0.39 is 17.6 Å². The molecule has 1 amide bonds.